The Hall–Kier alpha value is -1.62. The van der Waals surface area contributed by atoms with E-state index in [0.717, 1.165) is 23.4 Å². The van der Waals surface area contributed by atoms with Crippen LogP contribution in [0.5, 0.6) is 0 Å². The number of hydrogen-bond acceptors (Lipinski definition) is 4. The van der Waals surface area contributed by atoms with Crippen LogP contribution in [0.3, 0.4) is 0 Å². The first-order valence-electron chi connectivity index (χ1n) is 6.12. The second-order valence-corrected chi connectivity index (χ2v) is 5.58. The fraction of sp³-hybridized carbons (Fsp3) is 0.538. The van der Waals surface area contributed by atoms with E-state index in [-0.39, 0.29) is 5.41 Å². The lowest BCUT2D eigenvalue weighted by molar-refractivity contribution is 0.384. The number of anilines is 1. The Labute approximate surface area is 108 Å². The Morgan fingerprint density at radius 2 is 2.11 bits per heavy atom. The minimum Gasteiger partial charge on any atom is -0.357 e. The highest BCUT2D eigenvalue weighted by molar-refractivity contribution is 5.86. The summed E-state index contributed by atoms with van der Waals surface area (Å²) in [5.74, 6) is 0.912. The number of aromatic nitrogens is 3. The largest absolute Gasteiger partial charge is 0.357 e. The Balaban J connectivity index is 2.36. The van der Waals surface area contributed by atoms with E-state index < -0.39 is 0 Å². The maximum Gasteiger partial charge on any atom is 0.156 e. The molecule has 0 fully saturated rings. The van der Waals surface area contributed by atoms with E-state index in [9.17, 15) is 0 Å². The van der Waals surface area contributed by atoms with Gasteiger partial charge in [0.2, 0.25) is 0 Å². The summed E-state index contributed by atoms with van der Waals surface area (Å²) in [6.45, 7) is 5.81. The van der Waals surface area contributed by atoms with Crippen LogP contribution < -0.4 is 10.6 Å². The van der Waals surface area contributed by atoms with Gasteiger partial charge in [-0.2, -0.15) is 0 Å². The fourth-order valence-electron chi connectivity index (χ4n) is 2.11. The predicted molar refractivity (Wildman–Crippen MR) is 74.6 cm³/mol. The number of nitrogens with zero attached hydrogens (tertiary/aromatic N) is 4. The molecular formula is C13H21N5. The first-order valence-corrected chi connectivity index (χ1v) is 6.12. The molecule has 0 spiro atoms. The Morgan fingerprint density at radius 1 is 1.39 bits per heavy atom. The van der Waals surface area contributed by atoms with Crippen LogP contribution >= 0.6 is 0 Å². The third kappa shape index (κ3) is 2.31. The van der Waals surface area contributed by atoms with E-state index in [0.29, 0.717) is 6.54 Å². The molecule has 18 heavy (non-hydrogen) atoms. The van der Waals surface area contributed by atoms with Crippen LogP contribution in [-0.2, 0) is 7.05 Å². The molecule has 0 aromatic carbocycles. The van der Waals surface area contributed by atoms with Gasteiger partial charge in [-0.25, -0.2) is 9.97 Å². The SMILES string of the molecule is CN(CC(C)(C)CN)c1nccc2c1ncn2C. The molecule has 0 saturated heterocycles. The molecule has 2 heterocycles. The Morgan fingerprint density at radius 3 is 2.78 bits per heavy atom. The summed E-state index contributed by atoms with van der Waals surface area (Å²) in [4.78, 5) is 11.0. The van der Waals surface area contributed by atoms with Crippen LogP contribution in [0.4, 0.5) is 5.82 Å². The molecular weight excluding hydrogens is 226 g/mol. The van der Waals surface area contributed by atoms with Crippen LogP contribution in [0, 0.1) is 5.41 Å². The van der Waals surface area contributed by atoms with Crippen molar-refractivity contribution in [1.29, 1.82) is 0 Å². The molecule has 0 bridgehead atoms. The van der Waals surface area contributed by atoms with Crippen LogP contribution in [0.25, 0.3) is 11.0 Å². The smallest absolute Gasteiger partial charge is 0.156 e. The van der Waals surface area contributed by atoms with Crippen molar-refractivity contribution in [3.63, 3.8) is 0 Å². The summed E-state index contributed by atoms with van der Waals surface area (Å²) in [5, 5.41) is 0. The van der Waals surface area contributed by atoms with Gasteiger partial charge in [0.15, 0.2) is 5.82 Å². The van der Waals surface area contributed by atoms with Crippen LogP contribution in [-0.4, -0.2) is 34.7 Å². The van der Waals surface area contributed by atoms with Crippen molar-refractivity contribution in [1.82, 2.24) is 14.5 Å². The average Bonchev–Trinajstić information content (AvgIpc) is 2.71. The Kier molecular flexibility index (Phi) is 3.26. The van der Waals surface area contributed by atoms with Crippen molar-refractivity contribution < 1.29 is 0 Å². The van der Waals surface area contributed by atoms with Crippen molar-refractivity contribution in [2.45, 2.75) is 13.8 Å². The zero-order chi connectivity index (χ0) is 13.3. The van der Waals surface area contributed by atoms with Gasteiger partial charge in [0, 0.05) is 26.8 Å². The molecule has 0 aliphatic heterocycles. The highest BCUT2D eigenvalue weighted by atomic mass is 15.2. The summed E-state index contributed by atoms with van der Waals surface area (Å²) in [6, 6.07) is 1.98. The lowest BCUT2D eigenvalue weighted by Gasteiger charge is -2.29. The lowest BCUT2D eigenvalue weighted by Crippen LogP contribution is -2.37. The van der Waals surface area contributed by atoms with Gasteiger partial charge in [-0.05, 0) is 18.0 Å². The number of aryl methyl sites for hydroxylation is 1. The van der Waals surface area contributed by atoms with Crippen LogP contribution in [0.2, 0.25) is 0 Å². The van der Waals surface area contributed by atoms with E-state index >= 15 is 0 Å². The predicted octanol–water partition coefficient (Wildman–Crippen LogP) is 1.39. The number of pyridine rings is 1. The molecule has 0 aliphatic carbocycles. The Bertz CT molecular complexity index is 543. The standard InChI is InChI=1S/C13H21N5/c1-13(2,7-14)8-17(3)12-11-10(5-6-15-12)18(4)9-16-11/h5-6,9H,7-8,14H2,1-4H3. The van der Waals surface area contributed by atoms with Crippen molar-refractivity contribution >= 4 is 16.9 Å². The molecule has 0 amide bonds. The van der Waals surface area contributed by atoms with Crippen LogP contribution in [0.1, 0.15) is 13.8 Å². The topological polar surface area (TPSA) is 60.0 Å². The average molecular weight is 247 g/mol. The third-order valence-corrected chi connectivity index (χ3v) is 3.20. The van der Waals surface area contributed by atoms with Gasteiger partial charge in [-0.1, -0.05) is 13.8 Å². The quantitative estimate of drug-likeness (QED) is 0.887. The molecule has 0 atom stereocenters. The fourth-order valence-corrected chi connectivity index (χ4v) is 2.11. The second kappa shape index (κ2) is 4.57. The molecule has 5 heteroatoms. The summed E-state index contributed by atoms with van der Waals surface area (Å²) in [6.07, 6.45) is 3.64. The molecule has 0 saturated carbocycles. The summed E-state index contributed by atoms with van der Waals surface area (Å²) < 4.78 is 2.00. The molecule has 98 valence electrons. The highest BCUT2D eigenvalue weighted by Gasteiger charge is 2.20. The molecule has 0 aliphatic rings. The zero-order valence-corrected chi connectivity index (χ0v) is 11.5. The molecule has 2 rings (SSSR count). The zero-order valence-electron chi connectivity index (χ0n) is 11.5. The third-order valence-electron chi connectivity index (χ3n) is 3.20. The van der Waals surface area contributed by atoms with E-state index in [1.54, 1.807) is 0 Å². The van der Waals surface area contributed by atoms with Crippen LogP contribution in [0.15, 0.2) is 18.6 Å². The number of rotatable bonds is 4. The molecule has 0 radical (unpaired) electrons. The van der Waals surface area contributed by atoms with Gasteiger partial charge in [0.25, 0.3) is 0 Å². The molecule has 2 N–H and O–H groups in total. The van der Waals surface area contributed by atoms with E-state index in [1.807, 2.05) is 37.3 Å². The first kappa shape index (κ1) is 12.8. The van der Waals surface area contributed by atoms with Crippen molar-refractivity contribution in [2.75, 3.05) is 25.0 Å². The highest BCUT2D eigenvalue weighted by Crippen LogP contribution is 2.24. The normalized spacial score (nSPS) is 12.1. The summed E-state index contributed by atoms with van der Waals surface area (Å²) >= 11 is 0. The van der Waals surface area contributed by atoms with E-state index in [4.69, 9.17) is 5.73 Å². The molecule has 2 aromatic rings. The molecule has 2 aromatic heterocycles. The number of imidazole rings is 1. The van der Waals surface area contributed by atoms with E-state index in [1.165, 1.54) is 0 Å². The van der Waals surface area contributed by atoms with Crippen molar-refractivity contribution in [2.24, 2.45) is 18.2 Å². The van der Waals surface area contributed by atoms with Gasteiger partial charge in [0.1, 0.15) is 5.52 Å². The van der Waals surface area contributed by atoms with E-state index in [2.05, 4.69) is 28.7 Å². The maximum atomic E-state index is 5.78. The van der Waals surface area contributed by atoms with Gasteiger partial charge in [-0.15, -0.1) is 0 Å². The molecule has 5 nitrogen and oxygen atoms in total. The minimum atomic E-state index is 0.0629. The molecule has 0 unspecified atom stereocenters. The van der Waals surface area contributed by atoms with Crippen molar-refractivity contribution in [3.8, 4) is 0 Å². The van der Waals surface area contributed by atoms with Gasteiger partial charge in [0.05, 0.1) is 11.8 Å². The first-order chi connectivity index (χ1) is 8.44. The monoisotopic (exact) mass is 247 g/mol. The van der Waals surface area contributed by atoms with Gasteiger partial charge < -0.3 is 15.2 Å². The second-order valence-electron chi connectivity index (χ2n) is 5.58. The lowest BCUT2D eigenvalue weighted by atomic mass is 9.93. The minimum absolute atomic E-state index is 0.0629. The van der Waals surface area contributed by atoms with Gasteiger partial charge >= 0.3 is 0 Å². The number of nitrogens with two attached hydrogens (primary N) is 1. The number of fused-ring (bicyclic) bond motifs is 1. The number of hydrogen-bond donors (Lipinski definition) is 1. The summed E-state index contributed by atoms with van der Waals surface area (Å²) in [7, 11) is 4.02. The van der Waals surface area contributed by atoms with Gasteiger partial charge in [-0.3, -0.25) is 0 Å². The van der Waals surface area contributed by atoms with Crippen molar-refractivity contribution in [3.05, 3.63) is 18.6 Å². The maximum absolute atomic E-state index is 5.78. The summed E-state index contributed by atoms with van der Waals surface area (Å²) in [5.41, 5.74) is 7.88.